The summed E-state index contributed by atoms with van der Waals surface area (Å²) in [6.07, 6.45) is 2.85. The molecule has 9 heteroatoms. The van der Waals surface area contributed by atoms with E-state index in [1.54, 1.807) is 6.07 Å². The molecular weight excluding hydrogens is 470 g/mol. The Labute approximate surface area is 206 Å². The van der Waals surface area contributed by atoms with Crippen molar-refractivity contribution < 1.29 is 19.5 Å². The fraction of sp³-hybridized carbons (Fsp3) is 0.360. The number of rotatable bonds is 7. The number of carbonyl (C=O) groups is 3. The lowest BCUT2D eigenvalue weighted by molar-refractivity contribution is -0.147. The molecule has 4 rings (SSSR count). The van der Waals surface area contributed by atoms with Gasteiger partial charge in [-0.3, -0.25) is 14.4 Å². The highest BCUT2D eigenvalue weighted by atomic mass is 32.2. The van der Waals surface area contributed by atoms with Gasteiger partial charge in [-0.15, -0.1) is 11.3 Å². The molecule has 1 aromatic heterocycles. The Hall–Kier alpha value is -2.91. The van der Waals surface area contributed by atoms with Gasteiger partial charge in [-0.05, 0) is 68.1 Å². The number of nitrogens with one attached hydrogen (secondary N) is 2. The Kier molecular flexibility index (Phi) is 7.53. The molecule has 2 amide bonds. The van der Waals surface area contributed by atoms with E-state index in [2.05, 4.69) is 21.7 Å². The molecule has 0 radical (unpaired) electrons. The second-order valence-corrected chi connectivity index (χ2v) is 11.0. The summed E-state index contributed by atoms with van der Waals surface area (Å²) in [5.74, 6) is -2.13. The van der Waals surface area contributed by atoms with Crippen LogP contribution in [0.3, 0.4) is 0 Å². The Morgan fingerprint density at radius 1 is 1.00 bits per heavy atom. The van der Waals surface area contributed by atoms with Crippen molar-refractivity contribution in [1.29, 1.82) is 0 Å². The molecule has 0 saturated heterocycles. The van der Waals surface area contributed by atoms with Gasteiger partial charge in [0.1, 0.15) is 0 Å². The average Bonchev–Trinajstić information content (AvgIpc) is 3.19. The summed E-state index contributed by atoms with van der Waals surface area (Å²) in [7, 11) is 0. The van der Waals surface area contributed by atoms with Crippen molar-refractivity contribution in [3.63, 3.8) is 0 Å². The lowest BCUT2D eigenvalue weighted by atomic mass is 9.78. The van der Waals surface area contributed by atoms with Crippen molar-refractivity contribution in [1.82, 2.24) is 4.98 Å². The van der Waals surface area contributed by atoms with Crippen LogP contribution in [0, 0.1) is 25.7 Å². The molecule has 0 spiro atoms. The summed E-state index contributed by atoms with van der Waals surface area (Å²) in [6, 6.07) is 11.4. The largest absolute Gasteiger partial charge is 0.481 e. The topological polar surface area (TPSA) is 108 Å². The van der Waals surface area contributed by atoms with Crippen LogP contribution in [0.1, 0.15) is 36.8 Å². The molecule has 0 aliphatic heterocycles. The van der Waals surface area contributed by atoms with Crippen LogP contribution in [0.25, 0.3) is 10.2 Å². The van der Waals surface area contributed by atoms with Gasteiger partial charge in [0.15, 0.2) is 4.34 Å². The summed E-state index contributed by atoms with van der Waals surface area (Å²) in [4.78, 5) is 41.2. The number of benzene rings is 2. The highest BCUT2D eigenvalue weighted by molar-refractivity contribution is 8.01. The summed E-state index contributed by atoms with van der Waals surface area (Å²) < 4.78 is 1.67. The van der Waals surface area contributed by atoms with E-state index in [1.807, 2.05) is 38.1 Å². The van der Waals surface area contributed by atoms with E-state index in [1.165, 1.54) is 23.1 Å². The van der Waals surface area contributed by atoms with E-state index in [4.69, 9.17) is 0 Å². The Morgan fingerprint density at radius 2 is 1.71 bits per heavy atom. The van der Waals surface area contributed by atoms with Crippen molar-refractivity contribution in [2.45, 2.75) is 43.9 Å². The van der Waals surface area contributed by atoms with Crippen molar-refractivity contribution in [2.24, 2.45) is 11.8 Å². The van der Waals surface area contributed by atoms with Crippen LogP contribution in [0.4, 0.5) is 11.4 Å². The zero-order chi connectivity index (χ0) is 24.2. The highest BCUT2D eigenvalue weighted by Gasteiger charge is 2.35. The van der Waals surface area contributed by atoms with Crippen LogP contribution >= 0.6 is 23.1 Å². The lowest BCUT2D eigenvalue weighted by Gasteiger charge is -2.27. The van der Waals surface area contributed by atoms with Crippen molar-refractivity contribution in [2.75, 3.05) is 16.4 Å². The number of hydrogen-bond donors (Lipinski definition) is 3. The first-order valence-corrected chi connectivity index (χ1v) is 13.0. The number of aliphatic carboxylic acids is 1. The average molecular weight is 498 g/mol. The van der Waals surface area contributed by atoms with Gasteiger partial charge in [-0.2, -0.15) is 0 Å². The van der Waals surface area contributed by atoms with E-state index in [0.29, 0.717) is 18.5 Å². The van der Waals surface area contributed by atoms with Crippen LogP contribution in [-0.2, 0) is 14.4 Å². The fourth-order valence-corrected chi connectivity index (χ4v) is 6.30. The zero-order valence-corrected chi connectivity index (χ0v) is 20.7. The number of fused-ring (bicyclic) bond motifs is 1. The second-order valence-electron chi connectivity index (χ2n) is 8.70. The molecule has 1 aliphatic carbocycles. The minimum absolute atomic E-state index is 0.0947. The molecule has 3 aromatic rings. The maximum Gasteiger partial charge on any atom is 0.307 e. The molecule has 1 saturated carbocycles. The van der Waals surface area contributed by atoms with Gasteiger partial charge in [-0.25, -0.2) is 4.98 Å². The van der Waals surface area contributed by atoms with Gasteiger partial charge in [0.2, 0.25) is 11.8 Å². The van der Waals surface area contributed by atoms with E-state index in [9.17, 15) is 19.5 Å². The molecule has 0 bridgehead atoms. The number of thioether (sulfide) groups is 1. The van der Waals surface area contributed by atoms with Gasteiger partial charge in [0, 0.05) is 11.4 Å². The monoisotopic (exact) mass is 497 g/mol. The van der Waals surface area contributed by atoms with E-state index >= 15 is 0 Å². The van der Waals surface area contributed by atoms with E-state index in [-0.39, 0.29) is 17.6 Å². The van der Waals surface area contributed by atoms with Crippen LogP contribution in [-0.4, -0.2) is 33.6 Å². The van der Waals surface area contributed by atoms with Gasteiger partial charge in [0.25, 0.3) is 0 Å². The number of anilines is 2. The molecule has 34 heavy (non-hydrogen) atoms. The van der Waals surface area contributed by atoms with Crippen LogP contribution < -0.4 is 10.6 Å². The van der Waals surface area contributed by atoms with Gasteiger partial charge in [-0.1, -0.05) is 30.7 Å². The van der Waals surface area contributed by atoms with Crippen LogP contribution in [0.15, 0.2) is 40.7 Å². The second kappa shape index (κ2) is 10.6. The summed E-state index contributed by atoms with van der Waals surface area (Å²) >= 11 is 2.83. The Morgan fingerprint density at radius 3 is 2.41 bits per heavy atom. The molecular formula is C25H27N3O4S2. The smallest absolute Gasteiger partial charge is 0.307 e. The molecule has 1 heterocycles. The molecule has 2 atom stereocenters. The molecule has 178 valence electrons. The number of amides is 2. The third-order valence-electron chi connectivity index (χ3n) is 5.89. The first kappa shape index (κ1) is 24.2. The molecule has 2 aromatic carbocycles. The normalized spacial score (nSPS) is 17.9. The summed E-state index contributed by atoms with van der Waals surface area (Å²) in [5, 5.41) is 15.3. The third-order valence-corrected chi connectivity index (χ3v) is 8.05. The quantitative estimate of drug-likeness (QED) is 0.373. The predicted molar refractivity (Wildman–Crippen MR) is 137 cm³/mol. The number of aryl methyl sites for hydroxylation is 2. The highest BCUT2D eigenvalue weighted by Crippen LogP contribution is 2.33. The Bertz CT molecular complexity index is 1220. The number of carbonyl (C=O) groups excluding carboxylic acids is 2. The van der Waals surface area contributed by atoms with Crippen LogP contribution in [0.5, 0.6) is 0 Å². The van der Waals surface area contributed by atoms with E-state index < -0.39 is 17.8 Å². The maximum absolute atomic E-state index is 12.8. The minimum atomic E-state index is -0.902. The third kappa shape index (κ3) is 5.95. The Balaban J connectivity index is 1.37. The molecule has 1 aliphatic rings. The number of carboxylic acids is 1. The number of nitrogens with zero attached hydrogens (tertiary/aromatic N) is 1. The van der Waals surface area contributed by atoms with Crippen LogP contribution in [0.2, 0.25) is 0 Å². The van der Waals surface area contributed by atoms with Crippen molar-refractivity contribution >= 4 is 62.5 Å². The van der Waals surface area contributed by atoms with Gasteiger partial charge in [0.05, 0.1) is 27.8 Å². The number of carboxylic acid groups (broad SMARTS) is 1. The molecule has 0 unspecified atom stereocenters. The zero-order valence-electron chi connectivity index (χ0n) is 19.1. The standard InChI is InChI=1S/C25H27N3O4S2/c1-14-9-15(2)11-17(10-14)26-22(29)13-33-25-28-20-8-7-16(12-21(20)34-25)27-23(30)18-5-3-4-6-19(18)24(31)32/h7-12,18-19H,3-6,13H2,1-2H3,(H,26,29)(H,27,30)(H,31,32)/t18-,19+/m1/s1. The summed E-state index contributed by atoms with van der Waals surface area (Å²) in [5.41, 5.74) is 4.40. The number of hydrogen-bond acceptors (Lipinski definition) is 6. The number of thiazole rings is 1. The fourth-order valence-electron chi connectivity index (χ4n) is 4.39. The number of aromatic nitrogens is 1. The van der Waals surface area contributed by atoms with E-state index in [0.717, 1.165) is 44.2 Å². The van der Waals surface area contributed by atoms with Crippen molar-refractivity contribution in [3.8, 4) is 0 Å². The SMILES string of the molecule is Cc1cc(C)cc(NC(=O)CSc2nc3ccc(NC(=O)[C@@H]4CCCC[C@@H]4C(=O)O)cc3s2)c1. The summed E-state index contributed by atoms with van der Waals surface area (Å²) in [6.45, 7) is 3.99. The lowest BCUT2D eigenvalue weighted by Crippen LogP contribution is -2.36. The first-order valence-electron chi connectivity index (χ1n) is 11.2. The first-order chi connectivity index (χ1) is 16.3. The van der Waals surface area contributed by atoms with Gasteiger partial charge < -0.3 is 15.7 Å². The maximum atomic E-state index is 12.8. The predicted octanol–water partition coefficient (Wildman–Crippen LogP) is 5.47. The molecule has 3 N–H and O–H groups in total. The minimum Gasteiger partial charge on any atom is -0.481 e. The molecule has 7 nitrogen and oxygen atoms in total. The molecule has 1 fully saturated rings. The van der Waals surface area contributed by atoms with Crippen molar-refractivity contribution in [3.05, 3.63) is 47.5 Å². The van der Waals surface area contributed by atoms with Gasteiger partial charge >= 0.3 is 5.97 Å².